The summed E-state index contributed by atoms with van der Waals surface area (Å²) in [5.41, 5.74) is 2.07. The second kappa shape index (κ2) is 8.93. The van der Waals surface area contributed by atoms with Crippen molar-refractivity contribution in [2.24, 2.45) is 0 Å². The predicted molar refractivity (Wildman–Crippen MR) is 103 cm³/mol. The molecule has 2 aromatic rings. The quantitative estimate of drug-likeness (QED) is 0.783. The molecule has 1 aliphatic rings. The third kappa shape index (κ3) is 5.25. The van der Waals surface area contributed by atoms with Crippen LogP contribution in [0.4, 0.5) is 4.39 Å². The number of hydrogen-bond donors (Lipinski definition) is 0. The maximum Gasteiger partial charge on any atom is 0.126 e. The SMILES string of the molecule is CC(Cc1ccccc1F)N1CCN(CC=Cc2ccccc2)CC1. The first-order valence-electron chi connectivity index (χ1n) is 9.14. The van der Waals surface area contributed by atoms with Gasteiger partial charge in [-0.25, -0.2) is 4.39 Å². The minimum atomic E-state index is -0.0842. The van der Waals surface area contributed by atoms with E-state index in [1.165, 1.54) is 5.56 Å². The Morgan fingerprint density at radius 1 is 0.960 bits per heavy atom. The van der Waals surface area contributed by atoms with E-state index in [-0.39, 0.29) is 5.82 Å². The smallest absolute Gasteiger partial charge is 0.126 e. The second-order valence-electron chi connectivity index (χ2n) is 6.79. The first-order chi connectivity index (χ1) is 12.2. The van der Waals surface area contributed by atoms with Crippen molar-refractivity contribution < 1.29 is 4.39 Å². The van der Waals surface area contributed by atoms with Crippen LogP contribution in [-0.4, -0.2) is 48.6 Å². The monoisotopic (exact) mass is 338 g/mol. The molecule has 1 heterocycles. The van der Waals surface area contributed by atoms with E-state index in [0.29, 0.717) is 6.04 Å². The van der Waals surface area contributed by atoms with Crippen molar-refractivity contribution >= 4 is 6.08 Å². The molecule has 1 unspecified atom stereocenters. The summed E-state index contributed by atoms with van der Waals surface area (Å²) in [5.74, 6) is -0.0842. The van der Waals surface area contributed by atoms with Crippen LogP contribution in [0.5, 0.6) is 0 Å². The molecule has 0 amide bonds. The maximum atomic E-state index is 13.8. The highest BCUT2D eigenvalue weighted by Gasteiger charge is 2.21. The first-order valence-corrected chi connectivity index (χ1v) is 9.14. The van der Waals surface area contributed by atoms with Crippen LogP contribution in [0.2, 0.25) is 0 Å². The van der Waals surface area contributed by atoms with E-state index >= 15 is 0 Å². The standard InChI is InChI=1S/C22H27FN2/c1-19(18-21-11-5-6-12-22(21)23)25-16-14-24(15-17-25)13-7-10-20-8-3-2-4-9-20/h2-12,19H,13-18H2,1H3. The molecule has 2 aromatic carbocycles. The third-order valence-corrected chi connectivity index (χ3v) is 4.98. The van der Waals surface area contributed by atoms with Crippen LogP contribution in [-0.2, 0) is 6.42 Å². The van der Waals surface area contributed by atoms with E-state index in [9.17, 15) is 4.39 Å². The lowest BCUT2D eigenvalue weighted by molar-refractivity contribution is 0.109. The second-order valence-corrected chi connectivity index (χ2v) is 6.79. The number of hydrogen-bond acceptors (Lipinski definition) is 2. The molecule has 3 rings (SSSR count). The third-order valence-electron chi connectivity index (χ3n) is 4.98. The number of nitrogens with zero attached hydrogens (tertiary/aromatic N) is 2. The highest BCUT2D eigenvalue weighted by atomic mass is 19.1. The number of benzene rings is 2. The topological polar surface area (TPSA) is 6.48 Å². The van der Waals surface area contributed by atoms with E-state index in [1.54, 1.807) is 12.1 Å². The fraction of sp³-hybridized carbons (Fsp3) is 0.364. The van der Waals surface area contributed by atoms with Crippen LogP contribution in [0.3, 0.4) is 0 Å². The Labute approximate surface area is 150 Å². The average molecular weight is 338 g/mol. The number of rotatable bonds is 6. The van der Waals surface area contributed by atoms with Gasteiger partial charge in [-0.15, -0.1) is 0 Å². The molecule has 3 heteroatoms. The molecule has 0 saturated carbocycles. The van der Waals surface area contributed by atoms with Crippen molar-refractivity contribution in [3.63, 3.8) is 0 Å². The van der Waals surface area contributed by atoms with Crippen LogP contribution >= 0.6 is 0 Å². The summed E-state index contributed by atoms with van der Waals surface area (Å²) >= 11 is 0. The van der Waals surface area contributed by atoms with Gasteiger partial charge in [-0.2, -0.15) is 0 Å². The molecule has 0 aliphatic carbocycles. The van der Waals surface area contributed by atoms with Crippen LogP contribution in [0.15, 0.2) is 60.7 Å². The minimum absolute atomic E-state index is 0.0842. The van der Waals surface area contributed by atoms with Gasteiger partial charge in [-0.1, -0.05) is 60.7 Å². The molecule has 132 valence electrons. The molecule has 1 saturated heterocycles. The van der Waals surface area contributed by atoms with Crippen molar-refractivity contribution in [2.45, 2.75) is 19.4 Å². The van der Waals surface area contributed by atoms with E-state index in [2.05, 4.69) is 53.1 Å². The van der Waals surface area contributed by atoms with Gasteiger partial charge >= 0.3 is 0 Å². The molecule has 1 aliphatic heterocycles. The molecule has 0 bridgehead atoms. The summed E-state index contributed by atoms with van der Waals surface area (Å²) in [6.45, 7) is 7.44. The number of piperazine rings is 1. The van der Waals surface area contributed by atoms with Gasteiger partial charge in [0.05, 0.1) is 0 Å². The lowest BCUT2D eigenvalue weighted by atomic mass is 10.0. The van der Waals surface area contributed by atoms with Crippen molar-refractivity contribution in [1.82, 2.24) is 9.80 Å². The van der Waals surface area contributed by atoms with E-state index < -0.39 is 0 Å². The summed E-state index contributed by atoms with van der Waals surface area (Å²) < 4.78 is 13.8. The number of halogens is 1. The molecule has 0 radical (unpaired) electrons. The fourth-order valence-electron chi connectivity index (χ4n) is 3.40. The Balaban J connectivity index is 1.44. The normalized spacial score (nSPS) is 17.8. The van der Waals surface area contributed by atoms with E-state index in [0.717, 1.165) is 44.7 Å². The van der Waals surface area contributed by atoms with Gasteiger partial charge in [0, 0.05) is 38.8 Å². The van der Waals surface area contributed by atoms with Crippen LogP contribution < -0.4 is 0 Å². The van der Waals surface area contributed by atoms with Gasteiger partial charge in [-0.05, 0) is 30.5 Å². The molecule has 2 nitrogen and oxygen atoms in total. The van der Waals surface area contributed by atoms with Gasteiger partial charge in [-0.3, -0.25) is 9.80 Å². The summed E-state index contributed by atoms with van der Waals surface area (Å²) in [4.78, 5) is 4.95. The molecule has 0 aromatic heterocycles. The van der Waals surface area contributed by atoms with Gasteiger partial charge in [0.2, 0.25) is 0 Å². The van der Waals surface area contributed by atoms with Crippen LogP contribution in [0.25, 0.3) is 6.08 Å². The average Bonchev–Trinajstić information content (AvgIpc) is 2.65. The summed E-state index contributed by atoms with van der Waals surface area (Å²) in [6, 6.07) is 17.9. The van der Waals surface area contributed by atoms with Gasteiger partial charge in [0.15, 0.2) is 0 Å². The molecular formula is C22H27FN2. The molecule has 1 atom stereocenters. The van der Waals surface area contributed by atoms with E-state index in [1.807, 2.05) is 18.2 Å². The van der Waals surface area contributed by atoms with Crippen molar-refractivity contribution in [3.05, 3.63) is 77.6 Å². The van der Waals surface area contributed by atoms with Crippen LogP contribution in [0, 0.1) is 5.82 Å². The Hall–Kier alpha value is -1.97. The zero-order chi connectivity index (χ0) is 17.5. The lowest BCUT2D eigenvalue weighted by Gasteiger charge is -2.37. The summed E-state index contributed by atoms with van der Waals surface area (Å²) in [5, 5.41) is 0. The fourth-order valence-corrected chi connectivity index (χ4v) is 3.40. The first kappa shape index (κ1) is 17.8. The Bertz CT molecular complexity index is 675. The Kier molecular flexibility index (Phi) is 6.37. The van der Waals surface area contributed by atoms with E-state index in [4.69, 9.17) is 0 Å². The molecule has 0 N–H and O–H groups in total. The Morgan fingerprint density at radius 3 is 2.36 bits per heavy atom. The van der Waals surface area contributed by atoms with Gasteiger partial charge in [0.25, 0.3) is 0 Å². The highest BCUT2D eigenvalue weighted by Crippen LogP contribution is 2.14. The van der Waals surface area contributed by atoms with Gasteiger partial charge in [0.1, 0.15) is 5.82 Å². The van der Waals surface area contributed by atoms with Crippen molar-refractivity contribution in [1.29, 1.82) is 0 Å². The highest BCUT2D eigenvalue weighted by molar-refractivity contribution is 5.48. The van der Waals surface area contributed by atoms with Crippen LogP contribution in [0.1, 0.15) is 18.1 Å². The zero-order valence-corrected chi connectivity index (χ0v) is 14.9. The molecule has 0 spiro atoms. The molecular weight excluding hydrogens is 311 g/mol. The minimum Gasteiger partial charge on any atom is -0.298 e. The predicted octanol–water partition coefficient (Wildman–Crippen LogP) is 4.09. The lowest BCUT2D eigenvalue weighted by Crippen LogP contribution is -2.50. The largest absolute Gasteiger partial charge is 0.298 e. The molecule has 1 fully saturated rings. The summed E-state index contributed by atoms with van der Waals surface area (Å²) in [7, 11) is 0. The van der Waals surface area contributed by atoms with Gasteiger partial charge < -0.3 is 0 Å². The maximum absolute atomic E-state index is 13.8. The van der Waals surface area contributed by atoms with Crippen molar-refractivity contribution in [2.75, 3.05) is 32.7 Å². The Morgan fingerprint density at radius 2 is 1.64 bits per heavy atom. The van der Waals surface area contributed by atoms with Crippen molar-refractivity contribution in [3.8, 4) is 0 Å². The molecule has 25 heavy (non-hydrogen) atoms. The summed E-state index contributed by atoms with van der Waals surface area (Å²) in [6.07, 6.45) is 5.21. The zero-order valence-electron chi connectivity index (χ0n) is 14.9.